The van der Waals surface area contributed by atoms with E-state index in [9.17, 15) is 0 Å². The van der Waals surface area contributed by atoms with Gasteiger partial charge < -0.3 is 23.5 Å². The molecule has 26 heavy (non-hydrogen) atoms. The number of hydrogen-bond donors (Lipinski definition) is 0. The Labute approximate surface area is 157 Å². The van der Waals surface area contributed by atoms with E-state index in [2.05, 4.69) is 34.6 Å². The van der Waals surface area contributed by atoms with E-state index in [-0.39, 0.29) is 24.4 Å². The number of ether oxygens (including phenoxy) is 3. The second kappa shape index (κ2) is 6.82. The Balaban J connectivity index is 1.57. The lowest BCUT2D eigenvalue weighted by atomic mass is 9.76. The average molecular weight is 362 g/mol. The minimum Gasteiger partial charge on any atom is -0.493 e. The molecule has 6 heteroatoms. The van der Waals surface area contributed by atoms with Crippen LogP contribution in [-0.2, 0) is 18.8 Å². The fourth-order valence-electron chi connectivity index (χ4n) is 3.19. The number of hydrogen-bond acceptors (Lipinski definition) is 5. The number of aryl methyl sites for hydroxylation is 1. The third kappa shape index (κ3) is 4.09. The van der Waals surface area contributed by atoms with E-state index in [1.807, 2.05) is 32.0 Å². The van der Waals surface area contributed by atoms with Crippen molar-refractivity contribution in [2.24, 2.45) is 0 Å². The Bertz CT molecular complexity index is 640. The molecule has 0 N–H and O–H groups in total. The third-order valence-electron chi connectivity index (χ3n) is 5.52. The Kier molecular flexibility index (Phi) is 5.17. The van der Waals surface area contributed by atoms with E-state index in [0.717, 1.165) is 23.2 Å². The zero-order chi connectivity index (χ0) is 19.2. The van der Waals surface area contributed by atoms with E-state index in [1.54, 1.807) is 0 Å². The summed E-state index contributed by atoms with van der Waals surface area (Å²) in [5.74, 6) is 0.368. The molecule has 5 nitrogen and oxygen atoms in total. The summed E-state index contributed by atoms with van der Waals surface area (Å²) in [5, 5.41) is 0. The molecule has 0 amide bonds. The largest absolute Gasteiger partial charge is 0.495 e. The Morgan fingerprint density at radius 1 is 1.08 bits per heavy atom. The monoisotopic (exact) mass is 362 g/mol. The Morgan fingerprint density at radius 3 is 2.27 bits per heavy atom. The highest BCUT2D eigenvalue weighted by molar-refractivity contribution is 6.62. The van der Waals surface area contributed by atoms with Crippen LogP contribution in [0.25, 0.3) is 0 Å². The molecule has 2 aliphatic heterocycles. The molecule has 0 aliphatic carbocycles. The lowest BCUT2D eigenvalue weighted by Crippen LogP contribution is -2.41. The molecule has 1 aromatic rings. The van der Waals surface area contributed by atoms with Crippen molar-refractivity contribution in [1.82, 2.24) is 0 Å². The smallest absolute Gasteiger partial charge is 0.493 e. The second-order valence-electron chi connectivity index (χ2n) is 8.69. The van der Waals surface area contributed by atoms with Gasteiger partial charge in [-0.25, -0.2) is 0 Å². The van der Waals surface area contributed by atoms with Crippen LogP contribution in [0.2, 0.25) is 0 Å². The summed E-state index contributed by atoms with van der Waals surface area (Å²) in [4.78, 5) is 0. The van der Waals surface area contributed by atoms with E-state index in [4.69, 9.17) is 23.5 Å². The van der Waals surface area contributed by atoms with Crippen LogP contribution >= 0.6 is 0 Å². The first-order valence-electron chi connectivity index (χ1n) is 9.40. The van der Waals surface area contributed by atoms with E-state index in [0.29, 0.717) is 13.2 Å². The Morgan fingerprint density at radius 2 is 1.73 bits per heavy atom. The van der Waals surface area contributed by atoms with Crippen LogP contribution < -0.4 is 10.2 Å². The van der Waals surface area contributed by atoms with Gasteiger partial charge in [0.05, 0.1) is 30.5 Å². The highest BCUT2D eigenvalue weighted by atomic mass is 16.7. The summed E-state index contributed by atoms with van der Waals surface area (Å²) >= 11 is 0. The minimum absolute atomic E-state index is 0.0927. The topological polar surface area (TPSA) is 46.2 Å². The maximum Gasteiger partial charge on any atom is 0.495 e. The molecule has 2 fully saturated rings. The molecule has 1 atom stereocenters. The van der Waals surface area contributed by atoms with E-state index >= 15 is 0 Å². The van der Waals surface area contributed by atoms with Crippen LogP contribution in [0.4, 0.5) is 0 Å². The van der Waals surface area contributed by atoms with Crippen LogP contribution in [0, 0.1) is 6.92 Å². The minimum atomic E-state index is -0.480. The zero-order valence-electron chi connectivity index (χ0n) is 17.0. The number of rotatable bonds is 5. The van der Waals surface area contributed by atoms with Gasteiger partial charge in [0, 0.05) is 6.42 Å². The molecule has 1 aromatic carbocycles. The molecule has 3 rings (SSSR count). The van der Waals surface area contributed by atoms with E-state index in [1.165, 1.54) is 0 Å². The van der Waals surface area contributed by atoms with Crippen LogP contribution in [-0.4, -0.2) is 43.4 Å². The highest BCUT2D eigenvalue weighted by Gasteiger charge is 2.52. The van der Waals surface area contributed by atoms with Crippen LogP contribution in [0.1, 0.15) is 53.5 Å². The van der Waals surface area contributed by atoms with Crippen LogP contribution in [0.5, 0.6) is 5.75 Å². The summed E-state index contributed by atoms with van der Waals surface area (Å²) in [6.45, 7) is 15.4. The molecule has 2 saturated heterocycles. The lowest BCUT2D eigenvalue weighted by Gasteiger charge is -2.32. The summed E-state index contributed by atoms with van der Waals surface area (Å²) in [6.07, 6.45) is 0.900. The highest BCUT2D eigenvalue weighted by Crippen LogP contribution is 2.36. The summed E-state index contributed by atoms with van der Waals surface area (Å²) < 4.78 is 29.6. The second-order valence-corrected chi connectivity index (χ2v) is 8.69. The maximum atomic E-state index is 6.15. The first kappa shape index (κ1) is 19.7. The van der Waals surface area contributed by atoms with Gasteiger partial charge in [0.1, 0.15) is 5.75 Å². The van der Waals surface area contributed by atoms with Gasteiger partial charge in [-0.3, -0.25) is 0 Å². The summed E-state index contributed by atoms with van der Waals surface area (Å²) in [6, 6.07) is 6.05. The summed E-state index contributed by atoms with van der Waals surface area (Å²) in [5.41, 5.74) is 1.47. The maximum absolute atomic E-state index is 6.15. The molecule has 1 unspecified atom stereocenters. The molecule has 144 valence electrons. The van der Waals surface area contributed by atoms with Gasteiger partial charge in [-0.1, -0.05) is 6.07 Å². The normalized spacial score (nSPS) is 26.3. The standard InChI is InChI=1S/C20H31BO5/c1-14-12-15(22-11-10-16-13-23-20(6,7)24-16)8-9-17(14)21-25-18(2,3)19(4,5)26-21/h8-9,12,16H,10-11,13H2,1-7H3. The predicted octanol–water partition coefficient (Wildman–Crippen LogP) is 3.21. The van der Waals surface area contributed by atoms with Gasteiger partial charge in [-0.15, -0.1) is 0 Å². The van der Waals surface area contributed by atoms with Gasteiger partial charge in [-0.2, -0.15) is 0 Å². The van der Waals surface area contributed by atoms with Crippen molar-refractivity contribution in [3.8, 4) is 5.75 Å². The van der Waals surface area contributed by atoms with E-state index < -0.39 is 5.79 Å². The molecule has 2 aliphatic rings. The SMILES string of the molecule is Cc1cc(OCCC2COC(C)(C)O2)ccc1B1OC(C)(C)C(C)(C)O1. The van der Waals surface area contributed by atoms with Gasteiger partial charge in [0.25, 0.3) is 0 Å². The fraction of sp³-hybridized carbons (Fsp3) is 0.700. The first-order valence-corrected chi connectivity index (χ1v) is 9.40. The quantitative estimate of drug-likeness (QED) is 0.753. The molecule has 0 aromatic heterocycles. The Hall–Kier alpha value is -1.08. The van der Waals surface area contributed by atoms with Crippen molar-refractivity contribution < 1.29 is 23.5 Å². The predicted molar refractivity (Wildman–Crippen MR) is 102 cm³/mol. The lowest BCUT2D eigenvalue weighted by molar-refractivity contribution is -0.139. The molecule has 0 saturated carbocycles. The van der Waals surface area contributed by atoms with Crippen molar-refractivity contribution in [3.05, 3.63) is 23.8 Å². The van der Waals surface area contributed by atoms with Crippen molar-refractivity contribution in [1.29, 1.82) is 0 Å². The van der Waals surface area contributed by atoms with Gasteiger partial charge >= 0.3 is 7.12 Å². The fourth-order valence-corrected chi connectivity index (χ4v) is 3.19. The molecular weight excluding hydrogens is 331 g/mol. The number of benzene rings is 1. The van der Waals surface area contributed by atoms with Gasteiger partial charge in [-0.05, 0) is 71.6 Å². The molecular formula is C20H31BO5. The van der Waals surface area contributed by atoms with Crippen LogP contribution in [0.3, 0.4) is 0 Å². The zero-order valence-corrected chi connectivity index (χ0v) is 17.0. The molecule has 0 radical (unpaired) electrons. The molecule has 0 bridgehead atoms. The van der Waals surface area contributed by atoms with Crippen LogP contribution in [0.15, 0.2) is 18.2 Å². The third-order valence-corrected chi connectivity index (χ3v) is 5.52. The van der Waals surface area contributed by atoms with Crippen molar-refractivity contribution in [2.45, 2.75) is 78.0 Å². The van der Waals surface area contributed by atoms with Crippen molar-refractivity contribution in [3.63, 3.8) is 0 Å². The van der Waals surface area contributed by atoms with Gasteiger partial charge in [0.15, 0.2) is 5.79 Å². The molecule has 0 spiro atoms. The first-order chi connectivity index (χ1) is 12.0. The molecule has 2 heterocycles. The average Bonchev–Trinajstić information content (AvgIpc) is 2.95. The summed E-state index contributed by atoms with van der Waals surface area (Å²) in [7, 11) is -0.347. The van der Waals surface area contributed by atoms with Gasteiger partial charge in [0.2, 0.25) is 0 Å². The van der Waals surface area contributed by atoms with Crippen molar-refractivity contribution in [2.75, 3.05) is 13.2 Å². The van der Waals surface area contributed by atoms with Crippen molar-refractivity contribution >= 4 is 12.6 Å².